The summed E-state index contributed by atoms with van der Waals surface area (Å²) < 4.78 is 19.2. The van der Waals surface area contributed by atoms with Gasteiger partial charge in [-0.1, -0.05) is 53.9 Å². The van der Waals surface area contributed by atoms with Gasteiger partial charge in [-0.05, 0) is 116 Å². The van der Waals surface area contributed by atoms with Gasteiger partial charge in [0.25, 0.3) is 0 Å². The van der Waals surface area contributed by atoms with Gasteiger partial charge in [-0.25, -0.2) is 0 Å². The summed E-state index contributed by atoms with van der Waals surface area (Å²) in [7, 11) is 0. The highest BCUT2D eigenvalue weighted by molar-refractivity contribution is 5.14. The predicted molar refractivity (Wildman–Crippen MR) is 141 cm³/mol. The highest BCUT2D eigenvalue weighted by atomic mass is 16.7. The molecule has 0 aromatic carbocycles. The van der Waals surface area contributed by atoms with E-state index in [0.717, 1.165) is 48.5 Å². The maximum Gasteiger partial charge on any atom is 0.157 e. The zero-order valence-corrected chi connectivity index (χ0v) is 23.5. The van der Waals surface area contributed by atoms with Gasteiger partial charge in [0.1, 0.15) is 0 Å². The molecule has 2 heterocycles. The minimum atomic E-state index is 0.0414. The summed E-state index contributed by atoms with van der Waals surface area (Å²) in [4.78, 5) is 0. The monoisotopic (exact) mass is 486 g/mol. The molecule has 0 aromatic heterocycles. The van der Waals surface area contributed by atoms with Crippen LogP contribution in [0.5, 0.6) is 0 Å². The van der Waals surface area contributed by atoms with Crippen LogP contribution >= 0.6 is 0 Å². The van der Waals surface area contributed by atoms with Crippen LogP contribution in [0.4, 0.5) is 0 Å². The van der Waals surface area contributed by atoms with Crippen LogP contribution in [0.2, 0.25) is 0 Å². The number of hydrogen-bond acceptors (Lipinski definition) is 3. The third kappa shape index (κ3) is 4.46. The van der Waals surface area contributed by atoms with Crippen molar-refractivity contribution in [3.63, 3.8) is 0 Å². The van der Waals surface area contributed by atoms with Gasteiger partial charge < -0.3 is 14.2 Å². The summed E-state index contributed by atoms with van der Waals surface area (Å²) in [5.41, 5.74) is 0.934. The van der Waals surface area contributed by atoms with E-state index in [1.807, 2.05) is 0 Å². The molecule has 3 heteroatoms. The van der Waals surface area contributed by atoms with Crippen molar-refractivity contribution in [2.45, 2.75) is 143 Å². The van der Waals surface area contributed by atoms with Crippen LogP contribution in [0.3, 0.4) is 0 Å². The Morgan fingerprint density at radius 1 is 0.857 bits per heavy atom. The molecule has 0 amide bonds. The number of fused-ring (bicyclic) bond motifs is 6. The minimum Gasteiger partial charge on any atom is -0.370 e. The standard InChI is InChI=1S/C32H54O3/c1-20(2)9-8-10-21(3)23-12-13-24-22-17-27(35-30-11-6-7-16-33-30)26-18-28-29(34-28)19-32(26,5)25(22)14-15-31(23,24)4/h20-30H,6-19H2,1-5H3/t21-,22+,23-,24+,25+,26-,27-,28-,29+,30?,31-,32-/m1/s1. The van der Waals surface area contributed by atoms with Gasteiger partial charge in [-0.15, -0.1) is 0 Å². The molecule has 12 atom stereocenters. The van der Waals surface area contributed by atoms with Crippen LogP contribution in [0.15, 0.2) is 0 Å². The lowest BCUT2D eigenvalue weighted by atomic mass is 9.44. The van der Waals surface area contributed by atoms with Gasteiger partial charge in [0.15, 0.2) is 6.29 Å². The van der Waals surface area contributed by atoms with Crippen molar-refractivity contribution in [1.82, 2.24) is 0 Å². The largest absolute Gasteiger partial charge is 0.370 e. The molecule has 35 heavy (non-hydrogen) atoms. The average molecular weight is 487 g/mol. The lowest BCUT2D eigenvalue weighted by molar-refractivity contribution is -0.242. The first-order valence-electron chi connectivity index (χ1n) is 15.7. The first kappa shape index (κ1) is 25.2. The summed E-state index contributed by atoms with van der Waals surface area (Å²) in [6, 6.07) is 0. The zero-order valence-electron chi connectivity index (χ0n) is 23.5. The van der Waals surface area contributed by atoms with Crippen LogP contribution in [-0.4, -0.2) is 31.2 Å². The van der Waals surface area contributed by atoms with Crippen molar-refractivity contribution in [2.75, 3.05) is 6.61 Å². The van der Waals surface area contributed by atoms with Gasteiger partial charge in [-0.3, -0.25) is 0 Å². The van der Waals surface area contributed by atoms with E-state index in [2.05, 4.69) is 34.6 Å². The molecule has 0 spiro atoms. The maximum atomic E-state index is 6.94. The van der Waals surface area contributed by atoms with E-state index in [9.17, 15) is 0 Å². The van der Waals surface area contributed by atoms with Gasteiger partial charge in [0, 0.05) is 6.61 Å². The van der Waals surface area contributed by atoms with E-state index in [1.165, 1.54) is 77.0 Å². The fourth-order valence-corrected chi connectivity index (χ4v) is 10.7. The van der Waals surface area contributed by atoms with Crippen molar-refractivity contribution in [3.05, 3.63) is 0 Å². The van der Waals surface area contributed by atoms with Gasteiger partial charge in [-0.2, -0.15) is 0 Å². The molecule has 0 radical (unpaired) electrons. The van der Waals surface area contributed by atoms with Crippen LogP contribution < -0.4 is 0 Å². The number of hydrogen-bond donors (Lipinski definition) is 0. The molecule has 0 aromatic rings. The van der Waals surface area contributed by atoms with Crippen LogP contribution in [0, 0.1) is 52.3 Å². The molecule has 6 fully saturated rings. The summed E-state index contributed by atoms with van der Waals surface area (Å²) in [5.74, 6) is 5.92. The van der Waals surface area contributed by atoms with Gasteiger partial charge in [0.05, 0.1) is 18.3 Å². The molecule has 0 bridgehead atoms. The third-order valence-electron chi connectivity index (χ3n) is 12.6. The molecule has 2 aliphatic heterocycles. The summed E-state index contributed by atoms with van der Waals surface area (Å²) in [6.45, 7) is 13.6. The average Bonchev–Trinajstić information content (AvgIpc) is 3.47. The quantitative estimate of drug-likeness (QED) is 0.270. The Labute approximate surface area is 215 Å². The second-order valence-corrected chi connectivity index (χ2v) is 14.9. The molecule has 2 saturated heterocycles. The second kappa shape index (κ2) is 9.57. The SMILES string of the molecule is CC(C)CCC[C@@H](C)[C@H]1CC[C@H]2[C@@H]3C[C@@H](OC4CCCCO4)[C@H]4C[C@H]5O[C@H]5C[C@]4(C)[C@H]3CC[C@]12C. The van der Waals surface area contributed by atoms with Crippen molar-refractivity contribution in [2.24, 2.45) is 52.3 Å². The van der Waals surface area contributed by atoms with Crippen molar-refractivity contribution in [1.29, 1.82) is 0 Å². The Hall–Kier alpha value is -0.120. The molecular weight excluding hydrogens is 432 g/mol. The fourth-order valence-electron chi connectivity index (χ4n) is 10.7. The summed E-state index contributed by atoms with van der Waals surface area (Å²) in [6.07, 6.45) is 18.9. The summed E-state index contributed by atoms with van der Waals surface area (Å²) in [5, 5.41) is 0. The lowest BCUT2D eigenvalue weighted by Crippen LogP contribution is -2.59. The molecule has 0 N–H and O–H groups in total. The second-order valence-electron chi connectivity index (χ2n) is 14.9. The molecule has 4 saturated carbocycles. The van der Waals surface area contributed by atoms with Crippen molar-refractivity contribution >= 4 is 0 Å². The van der Waals surface area contributed by atoms with Crippen molar-refractivity contribution < 1.29 is 14.2 Å². The Morgan fingerprint density at radius 3 is 2.46 bits per heavy atom. The lowest BCUT2D eigenvalue weighted by Gasteiger charge is -2.62. The number of ether oxygens (including phenoxy) is 3. The van der Waals surface area contributed by atoms with Crippen LogP contribution in [0.1, 0.15) is 118 Å². The van der Waals surface area contributed by atoms with Crippen LogP contribution in [0.25, 0.3) is 0 Å². The van der Waals surface area contributed by atoms with E-state index >= 15 is 0 Å². The van der Waals surface area contributed by atoms with Crippen LogP contribution in [-0.2, 0) is 14.2 Å². The predicted octanol–water partition coefficient (Wildman–Crippen LogP) is 8.01. The summed E-state index contributed by atoms with van der Waals surface area (Å²) >= 11 is 0. The molecule has 3 nitrogen and oxygen atoms in total. The fraction of sp³-hybridized carbons (Fsp3) is 1.00. The Bertz CT molecular complexity index is 745. The number of epoxide rings is 1. The maximum absolute atomic E-state index is 6.94. The van der Waals surface area contributed by atoms with E-state index in [4.69, 9.17) is 14.2 Å². The van der Waals surface area contributed by atoms with Crippen molar-refractivity contribution in [3.8, 4) is 0 Å². The molecule has 6 rings (SSSR count). The zero-order chi connectivity index (χ0) is 24.4. The van der Waals surface area contributed by atoms with E-state index < -0.39 is 0 Å². The Balaban J connectivity index is 1.22. The highest BCUT2D eigenvalue weighted by Crippen LogP contribution is 2.70. The third-order valence-corrected chi connectivity index (χ3v) is 12.6. The minimum absolute atomic E-state index is 0.0414. The van der Waals surface area contributed by atoms with Gasteiger partial charge >= 0.3 is 0 Å². The highest BCUT2D eigenvalue weighted by Gasteiger charge is 2.66. The number of rotatable bonds is 7. The normalized spacial score (nSPS) is 51.8. The smallest absolute Gasteiger partial charge is 0.157 e. The first-order chi connectivity index (χ1) is 16.8. The van der Waals surface area contributed by atoms with E-state index in [1.54, 1.807) is 0 Å². The Morgan fingerprint density at radius 2 is 1.69 bits per heavy atom. The molecular formula is C32H54O3. The van der Waals surface area contributed by atoms with E-state index in [0.29, 0.717) is 35.1 Å². The van der Waals surface area contributed by atoms with Gasteiger partial charge in [0.2, 0.25) is 0 Å². The molecule has 6 aliphatic rings. The van der Waals surface area contributed by atoms with E-state index in [-0.39, 0.29) is 6.29 Å². The first-order valence-corrected chi connectivity index (χ1v) is 15.7. The topological polar surface area (TPSA) is 31.0 Å². The molecule has 4 aliphatic carbocycles. The Kier molecular flexibility index (Phi) is 6.88. The molecule has 200 valence electrons. The molecule has 1 unspecified atom stereocenters.